The Morgan fingerprint density at radius 3 is 2.80 bits per heavy atom. The molecule has 2 aromatic heterocycles. The first-order valence-electron chi connectivity index (χ1n) is 8.03. The van der Waals surface area contributed by atoms with Gasteiger partial charge in [-0.25, -0.2) is 19.5 Å². The van der Waals surface area contributed by atoms with Crippen molar-refractivity contribution < 1.29 is 0 Å². The average molecular weight is 331 g/mol. The van der Waals surface area contributed by atoms with Crippen LogP contribution < -0.4 is 11.1 Å². The summed E-state index contributed by atoms with van der Waals surface area (Å²) in [4.78, 5) is 17.3. The summed E-state index contributed by atoms with van der Waals surface area (Å²) in [5, 5.41) is 3.21. The summed E-state index contributed by atoms with van der Waals surface area (Å²) in [6.07, 6.45) is 2.43. The minimum atomic E-state index is 0.339. The van der Waals surface area contributed by atoms with E-state index in [0.717, 1.165) is 23.1 Å². The molecule has 4 aromatic rings. The molecule has 7 nitrogen and oxygen atoms in total. The van der Waals surface area contributed by atoms with Crippen LogP contribution in [0.2, 0.25) is 0 Å². The first-order chi connectivity index (χ1) is 12.2. The normalized spacial score (nSPS) is 10.9. The third-order valence-corrected chi connectivity index (χ3v) is 3.94. The Labute approximate surface area is 144 Å². The number of imidazole rings is 1. The van der Waals surface area contributed by atoms with Gasteiger partial charge in [-0.3, -0.25) is 0 Å². The molecule has 0 aliphatic rings. The fourth-order valence-electron chi connectivity index (χ4n) is 2.71. The van der Waals surface area contributed by atoms with Crippen molar-refractivity contribution in [3.05, 3.63) is 60.4 Å². The molecule has 3 N–H and O–H groups in total. The Morgan fingerprint density at radius 1 is 1.04 bits per heavy atom. The molecule has 0 amide bonds. The van der Waals surface area contributed by atoms with Crippen molar-refractivity contribution in [1.82, 2.24) is 24.5 Å². The molecular formula is C18H17N7. The number of aromatic nitrogens is 5. The van der Waals surface area contributed by atoms with Gasteiger partial charge in [-0.15, -0.1) is 0 Å². The topological polar surface area (TPSA) is 94.5 Å². The molecule has 0 spiro atoms. The number of anilines is 3. The zero-order chi connectivity index (χ0) is 17.2. The van der Waals surface area contributed by atoms with Gasteiger partial charge in [0.1, 0.15) is 6.33 Å². The predicted octanol–water partition coefficient (Wildman–Crippen LogP) is 3.10. The van der Waals surface area contributed by atoms with E-state index in [0.29, 0.717) is 17.8 Å². The number of benzene rings is 2. The second kappa shape index (κ2) is 6.20. The molecule has 2 heterocycles. The summed E-state index contributed by atoms with van der Waals surface area (Å²) < 4.78 is 1.71. The van der Waals surface area contributed by atoms with E-state index in [9.17, 15) is 0 Å². The molecule has 0 aliphatic heterocycles. The van der Waals surface area contributed by atoms with Gasteiger partial charge in [0.25, 0.3) is 0 Å². The van der Waals surface area contributed by atoms with Crippen LogP contribution >= 0.6 is 0 Å². The summed E-state index contributed by atoms with van der Waals surface area (Å²) in [7, 11) is 0. The second-order valence-corrected chi connectivity index (χ2v) is 5.58. The van der Waals surface area contributed by atoms with Crippen LogP contribution in [-0.4, -0.2) is 24.5 Å². The number of nitrogens with one attached hydrogen (secondary N) is 1. The smallest absolute Gasteiger partial charge is 0.241 e. The summed E-state index contributed by atoms with van der Waals surface area (Å²) in [6.45, 7) is 2.12. The molecule has 0 saturated carbocycles. The van der Waals surface area contributed by atoms with Crippen molar-refractivity contribution >= 4 is 28.6 Å². The number of rotatable bonds is 4. The zero-order valence-corrected chi connectivity index (χ0v) is 13.7. The van der Waals surface area contributed by atoms with E-state index in [1.807, 2.05) is 36.4 Å². The minimum Gasteiger partial charge on any atom is -0.369 e. The lowest BCUT2D eigenvalue weighted by atomic mass is 10.1. The van der Waals surface area contributed by atoms with Gasteiger partial charge < -0.3 is 11.1 Å². The Balaban J connectivity index is 1.73. The van der Waals surface area contributed by atoms with Gasteiger partial charge in [0.2, 0.25) is 17.8 Å². The molecule has 0 radical (unpaired) electrons. The molecule has 0 bridgehead atoms. The van der Waals surface area contributed by atoms with Crippen molar-refractivity contribution in [1.29, 1.82) is 0 Å². The zero-order valence-electron chi connectivity index (χ0n) is 13.7. The average Bonchev–Trinajstić information content (AvgIpc) is 2.98. The van der Waals surface area contributed by atoms with Gasteiger partial charge in [-0.1, -0.05) is 31.2 Å². The molecular weight excluding hydrogens is 314 g/mol. The van der Waals surface area contributed by atoms with E-state index in [-0.39, 0.29) is 0 Å². The lowest BCUT2D eigenvalue weighted by Crippen LogP contribution is -2.08. The van der Waals surface area contributed by atoms with Crippen molar-refractivity contribution in [3.8, 4) is 5.95 Å². The molecule has 0 atom stereocenters. The lowest BCUT2D eigenvalue weighted by molar-refractivity contribution is 0.926. The maximum atomic E-state index is 6.06. The predicted molar refractivity (Wildman–Crippen MR) is 98.0 cm³/mol. The molecule has 0 unspecified atom stereocenters. The number of nitrogen functional groups attached to an aromatic ring is 1. The Morgan fingerprint density at radius 2 is 1.92 bits per heavy atom. The van der Waals surface area contributed by atoms with Gasteiger partial charge in [-0.2, -0.15) is 4.98 Å². The fraction of sp³-hybridized carbons (Fsp3) is 0.111. The van der Waals surface area contributed by atoms with Crippen LogP contribution in [0.1, 0.15) is 12.5 Å². The molecule has 0 saturated heterocycles. The van der Waals surface area contributed by atoms with Gasteiger partial charge in [0, 0.05) is 5.69 Å². The molecule has 2 aromatic carbocycles. The SMILES string of the molecule is CCc1cccc(Nc2ncnc(-n3c(N)nc4ccccc43)n2)c1. The Hall–Kier alpha value is -3.48. The van der Waals surface area contributed by atoms with Gasteiger partial charge in [0.05, 0.1) is 11.0 Å². The quantitative estimate of drug-likeness (QED) is 0.597. The number of hydrogen-bond donors (Lipinski definition) is 2. The minimum absolute atomic E-state index is 0.339. The maximum absolute atomic E-state index is 6.06. The van der Waals surface area contributed by atoms with Crippen LogP contribution in [0.15, 0.2) is 54.9 Å². The molecule has 7 heteroatoms. The van der Waals surface area contributed by atoms with E-state index in [1.54, 1.807) is 4.57 Å². The number of aryl methyl sites for hydroxylation is 1. The van der Waals surface area contributed by atoms with Crippen LogP contribution in [0, 0.1) is 0 Å². The molecule has 25 heavy (non-hydrogen) atoms. The highest BCUT2D eigenvalue weighted by molar-refractivity contribution is 5.80. The number of para-hydroxylation sites is 2. The Bertz CT molecular complexity index is 1040. The molecule has 4 rings (SSSR count). The molecule has 0 aliphatic carbocycles. The van der Waals surface area contributed by atoms with Gasteiger partial charge >= 0.3 is 0 Å². The highest BCUT2D eigenvalue weighted by atomic mass is 15.3. The van der Waals surface area contributed by atoms with Crippen LogP contribution in [0.25, 0.3) is 17.0 Å². The second-order valence-electron chi connectivity index (χ2n) is 5.58. The third-order valence-electron chi connectivity index (χ3n) is 3.94. The van der Waals surface area contributed by atoms with Crippen molar-refractivity contribution in [3.63, 3.8) is 0 Å². The van der Waals surface area contributed by atoms with E-state index >= 15 is 0 Å². The first-order valence-corrected chi connectivity index (χ1v) is 8.03. The summed E-state index contributed by atoms with van der Waals surface area (Å²) >= 11 is 0. The summed E-state index contributed by atoms with van der Waals surface area (Å²) in [5.74, 6) is 1.22. The molecule has 0 fully saturated rings. The van der Waals surface area contributed by atoms with E-state index in [4.69, 9.17) is 5.73 Å². The van der Waals surface area contributed by atoms with E-state index in [2.05, 4.69) is 44.3 Å². The number of fused-ring (bicyclic) bond motifs is 1. The van der Waals surface area contributed by atoms with Crippen LogP contribution in [-0.2, 0) is 6.42 Å². The number of nitrogens with zero attached hydrogens (tertiary/aromatic N) is 5. The van der Waals surface area contributed by atoms with Gasteiger partial charge in [0.15, 0.2) is 0 Å². The maximum Gasteiger partial charge on any atom is 0.241 e. The monoisotopic (exact) mass is 331 g/mol. The van der Waals surface area contributed by atoms with Crippen molar-refractivity contribution in [2.24, 2.45) is 0 Å². The summed E-state index contributed by atoms with van der Waals surface area (Å²) in [6, 6.07) is 15.8. The van der Waals surface area contributed by atoms with Crippen LogP contribution in [0.3, 0.4) is 0 Å². The Kier molecular flexibility index (Phi) is 3.74. The largest absolute Gasteiger partial charge is 0.369 e. The highest BCUT2D eigenvalue weighted by Gasteiger charge is 2.12. The molecule has 124 valence electrons. The van der Waals surface area contributed by atoms with Gasteiger partial charge in [-0.05, 0) is 36.2 Å². The summed E-state index contributed by atoms with van der Waals surface area (Å²) in [5.41, 5.74) is 9.88. The standard InChI is InChI=1S/C18H17N7/c1-2-12-6-5-7-13(10-12)22-17-20-11-21-18(24-17)25-15-9-4-3-8-14(15)23-16(25)19/h3-11H,2H2,1H3,(H2,19,23)(H,20,21,22,24). The van der Waals surface area contributed by atoms with E-state index in [1.165, 1.54) is 11.9 Å². The lowest BCUT2D eigenvalue weighted by Gasteiger charge is -2.08. The van der Waals surface area contributed by atoms with Crippen molar-refractivity contribution in [2.75, 3.05) is 11.1 Å². The van der Waals surface area contributed by atoms with E-state index < -0.39 is 0 Å². The highest BCUT2D eigenvalue weighted by Crippen LogP contribution is 2.21. The third kappa shape index (κ3) is 2.87. The number of hydrogen-bond acceptors (Lipinski definition) is 6. The number of nitrogens with two attached hydrogens (primary N) is 1. The fourth-order valence-corrected chi connectivity index (χ4v) is 2.71. The van der Waals surface area contributed by atoms with Crippen molar-refractivity contribution in [2.45, 2.75) is 13.3 Å². The first kappa shape index (κ1) is 15.1. The van der Waals surface area contributed by atoms with Crippen LogP contribution in [0.5, 0.6) is 0 Å². The van der Waals surface area contributed by atoms with Crippen LogP contribution in [0.4, 0.5) is 17.6 Å².